The monoisotopic (exact) mass is 543 g/mol. The molecule has 0 spiro atoms. The van der Waals surface area contributed by atoms with Crippen LogP contribution < -0.4 is 4.31 Å². The lowest BCUT2D eigenvalue weighted by Gasteiger charge is -2.40. The molecule has 32 heavy (non-hydrogen) atoms. The van der Waals surface area contributed by atoms with Gasteiger partial charge in [0, 0.05) is 22.6 Å². The molecule has 1 fully saturated rings. The van der Waals surface area contributed by atoms with Crippen LogP contribution in [-0.4, -0.2) is 42.8 Å². The van der Waals surface area contributed by atoms with E-state index in [0.29, 0.717) is 0 Å². The second kappa shape index (κ2) is 9.76. The molecule has 0 saturated carbocycles. The Bertz CT molecular complexity index is 1120. The molecule has 2 aromatic carbocycles. The molecule has 0 bridgehead atoms. The van der Waals surface area contributed by atoms with Crippen LogP contribution in [0.1, 0.15) is 33.1 Å². The van der Waals surface area contributed by atoms with Gasteiger partial charge in [0.2, 0.25) is 5.91 Å². The number of nitrogens with zero attached hydrogens (tertiary/aromatic N) is 3. The van der Waals surface area contributed by atoms with E-state index in [1.54, 1.807) is 29.2 Å². The highest BCUT2D eigenvalue weighted by molar-refractivity contribution is 9.10. The van der Waals surface area contributed by atoms with Crippen LogP contribution in [0.3, 0.4) is 0 Å². The molecule has 1 heterocycles. The quantitative estimate of drug-likeness (QED) is 0.376. The van der Waals surface area contributed by atoms with Crippen LogP contribution >= 0.6 is 27.5 Å². The number of carbonyl (C=O) groups is 1. The standard InChI is InChI=1S/C21H23BrClN3O5S/c1-14-4-3-5-15(2)25(14)21(27)13-24(17-8-6-16(22)7-9-17)32(30,31)18-10-11-19(23)20(12-18)26(28)29/h6-12,14-15H,3-5,13H2,1-2H3/t14-,15-/m1/s1. The summed E-state index contributed by atoms with van der Waals surface area (Å²) in [6, 6.07) is 9.76. The van der Waals surface area contributed by atoms with Gasteiger partial charge in [0.1, 0.15) is 11.6 Å². The highest BCUT2D eigenvalue weighted by Gasteiger charge is 2.34. The van der Waals surface area contributed by atoms with Crippen molar-refractivity contribution < 1.29 is 18.1 Å². The SMILES string of the molecule is C[C@@H]1CCC[C@@H](C)N1C(=O)CN(c1ccc(Br)cc1)S(=O)(=O)c1ccc(Cl)c([N+](=O)[O-])c1. The van der Waals surface area contributed by atoms with Gasteiger partial charge in [0.05, 0.1) is 15.5 Å². The maximum atomic E-state index is 13.6. The van der Waals surface area contributed by atoms with Crippen molar-refractivity contribution in [2.75, 3.05) is 10.8 Å². The van der Waals surface area contributed by atoms with E-state index >= 15 is 0 Å². The zero-order valence-corrected chi connectivity index (χ0v) is 20.7. The number of halogens is 2. The Morgan fingerprint density at radius 2 is 1.78 bits per heavy atom. The summed E-state index contributed by atoms with van der Waals surface area (Å²) < 4.78 is 28.9. The molecule has 11 heteroatoms. The lowest BCUT2D eigenvalue weighted by atomic mass is 9.97. The summed E-state index contributed by atoms with van der Waals surface area (Å²) in [4.78, 5) is 25.2. The molecule has 1 amide bonds. The van der Waals surface area contributed by atoms with Crippen molar-refractivity contribution >= 4 is 54.8 Å². The van der Waals surface area contributed by atoms with Gasteiger partial charge in [-0.3, -0.25) is 19.2 Å². The minimum Gasteiger partial charge on any atom is -0.336 e. The molecule has 1 aliphatic rings. The molecule has 8 nitrogen and oxygen atoms in total. The third kappa shape index (κ3) is 5.07. The molecule has 0 N–H and O–H groups in total. The van der Waals surface area contributed by atoms with Gasteiger partial charge in [-0.1, -0.05) is 27.5 Å². The first-order valence-electron chi connectivity index (χ1n) is 10.1. The van der Waals surface area contributed by atoms with Crippen LogP contribution in [0.5, 0.6) is 0 Å². The largest absolute Gasteiger partial charge is 0.336 e. The number of rotatable bonds is 6. The summed E-state index contributed by atoms with van der Waals surface area (Å²) in [7, 11) is -4.30. The Labute approximate surface area is 200 Å². The summed E-state index contributed by atoms with van der Waals surface area (Å²) in [5.41, 5.74) is -0.246. The van der Waals surface area contributed by atoms with E-state index < -0.39 is 27.2 Å². The number of benzene rings is 2. The fourth-order valence-electron chi connectivity index (χ4n) is 3.96. The summed E-state index contributed by atoms with van der Waals surface area (Å²) in [6.07, 6.45) is 2.71. The Morgan fingerprint density at radius 1 is 1.19 bits per heavy atom. The summed E-state index contributed by atoms with van der Waals surface area (Å²) >= 11 is 9.18. The van der Waals surface area contributed by atoms with Crippen molar-refractivity contribution in [3.8, 4) is 0 Å². The van der Waals surface area contributed by atoms with Crippen molar-refractivity contribution in [1.82, 2.24) is 4.90 Å². The predicted octanol–water partition coefficient (Wildman–Crippen LogP) is 5.00. The zero-order valence-electron chi connectivity index (χ0n) is 17.6. The number of hydrogen-bond donors (Lipinski definition) is 0. The van der Waals surface area contributed by atoms with Gasteiger partial charge in [0.25, 0.3) is 15.7 Å². The van der Waals surface area contributed by atoms with Crippen LogP contribution in [0.4, 0.5) is 11.4 Å². The molecular formula is C21H23BrClN3O5S. The Balaban J connectivity index is 2.05. The third-order valence-electron chi connectivity index (χ3n) is 5.58. The number of anilines is 1. The second-order valence-electron chi connectivity index (χ2n) is 7.79. The first kappa shape index (κ1) is 24.5. The number of sulfonamides is 1. The lowest BCUT2D eigenvalue weighted by molar-refractivity contribution is -0.384. The second-order valence-corrected chi connectivity index (χ2v) is 11.0. The number of hydrogen-bond acceptors (Lipinski definition) is 5. The van der Waals surface area contributed by atoms with Gasteiger partial charge >= 0.3 is 0 Å². The minimum absolute atomic E-state index is 0.00246. The maximum absolute atomic E-state index is 13.6. The summed E-state index contributed by atoms with van der Waals surface area (Å²) in [5.74, 6) is -0.320. The van der Waals surface area contributed by atoms with Crippen LogP contribution in [0.15, 0.2) is 51.8 Å². The molecule has 0 aromatic heterocycles. The molecule has 172 valence electrons. The Kier molecular flexibility index (Phi) is 7.46. The molecule has 1 saturated heterocycles. The van der Waals surface area contributed by atoms with E-state index in [-0.39, 0.29) is 33.6 Å². The first-order valence-corrected chi connectivity index (χ1v) is 12.7. The molecule has 2 aromatic rings. The van der Waals surface area contributed by atoms with Crippen molar-refractivity contribution in [2.45, 2.75) is 50.1 Å². The van der Waals surface area contributed by atoms with Gasteiger partial charge in [-0.2, -0.15) is 0 Å². The van der Waals surface area contributed by atoms with Crippen molar-refractivity contribution in [2.24, 2.45) is 0 Å². The predicted molar refractivity (Wildman–Crippen MR) is 126 cm³/mol. The molecule has 2 atom stereocenters. The summed E-state index contributed by atoms with van der Waals surface area (Å²) in [5, 5.41) is 11.1. The van der Waals surface area contributed by atoms with Crippen LogP contribution in [-0.2, 0) is 14.8 Å². The fourth-order valence-corrected chi connectivity index (χ4v) is 5.85. The van der Waals surface area contributed by atoms with E-state index in [1.807, 2.05) is 13.8 Å². The number of nitro groups is 1. The van der Waals surface area contributed by atoms with Crippen molar-refractivity contribution in [3.05, 3.63) is 62.1 Å². The highest BCUT2D eigenvalue weighted by Crippen LogP contribution is 2.32. The van der Waals surface area contributed by atoms with Gasteiger partial charge in [-0.25, -0.2) is 8.42 Å². The van der Waals surface area contributed by atoms with Gasteiger partial charge in [-0.15, -0.1) is 0 Å². The maximum Gasteiger partial charge on any atom is 0.289 e. The number of piperidine rings is 1. The molecule has 0 aliphatic carbocycles. The summed E-state index contributed by atoms with van der Waals surface area (Å²) in [6.45, 7) is 3.48. The molecular weight excluding hydrogens is 522 g/mol. The van der Waals surface area contributed by atoms with Crippen molar-refractivity contribution in [1.29, 1.82) is 0 Å². The first-order chi connectivity index (χ1) is 15.0. The van der Waals surface area contributed by atoms with Gasteiger partial charge in [0.15, 0.2) is 0 Å². The molecule has 1 aliphatic heterocycles. The van der Waals surface area contributed by atoms with Crippen LogP contribution in [0, 0.1) is 10.1 Å². The Morgan fingerprint density at radius 3 is 2.34 bits per heavy atom. The van der Waals surface area contributed by atoms with E-state index in [4.69, 9.17) is 11.6 Å². The normalized spacial score (nSPS) is 18.9. The van der Waals surface area contributed by atoms with E-state index in [1.165, 1.54) is 12.1 Å². The van der Waals surface area contributed by atoms with E-state index in [9.17, 15) is 23.3 Å². The van der Waals surface area contributed by atoms with E-state index in [0.717, 1.165) is 34.1 Å². The fraction of sp³-hybridized carbons (Fsp3) is 0.381. The number of nitro benzene ring substituents is 1. The minimum atomic E-state index is -4.30. The number of carbonyl (C=O) groups excluding carboxylic acids is 1. The van der Waals surface area contributed by atoms with Crippen molar-refractivity contribution in [3.63, 3.8) is 0 Å². The van der Waals surface area contributed by atoms with E-state index in [2.05, 4.69) is 15.9 Å². The van der Waals surface area contributed by atoms with Crippen LogP contribution in [0.2, 0.25) is 5.02 Å². The van der Waals surface area contributed by atoms with Gasteiger partial charge in [-0.05, 0) is 69.5 Å². The highest BCUT2D eigenvalue weighted by atomic mass is 79.9. The number of amides is 1. The lowest BCUT2D eigenvalue weighted by Crippen LogP contribution is -2.52. The smallest absolute Gasteiger partial charge is 0.289 e. The molecule has 3 rings (SSSR count). The number of likely N-dealkylation sites (tertiary alicyclic amines) is 1. The Hall–Kier alpha value is -2.17. The zero-order chi connectivity index (χ0) is 23.6. The third-order valence-corrected chi connectivity index (χ3v) is 8.20. The van der Waals surface area contributed by atoms with Gasteiger partial charge < -0.3 is 4.90 Å². The molecule has 0 unspecified atom stereocenters. The topological polar surface area (TPSA) is 101 Å². The molecule has 0 radical (unpaired) electrons. The average Bonchev–Trinajstić information content (AvgIpc) is 2.72. The average molecular weight is 545 g/mol. The van der Waals surface area contributed by atoms with Crippen LogP contribution in [0.25, 0.3) is 0 Å².